The fourth-order valence-corrected chi connectivity index (χ4v) is 3.36. The van der Waals surface area contributed by atoms with Gasteiger partial charge in [0.05, 0.1) is 5.75 Å². The molecule has 2 aromatic carbocycles. The minimum atomic E-state index is -3.24. The summed E-state index contributed by atoms with van der Waals surface area (Å²) in [5.74, 6) is 0.134. The van der Waals surface area contributed by atoms with Crippen LogP contribution in [0.15, 0.2) is 42.5 Å². The van der Waals surface area contributed by atoms with Crippen molar-refractivity contribution in [3.05, 3.63) is 53.6 Å². The molecule has 0 unspecified atom stereocenters. The molecule has 0 aliphatic carbocycles. The Hall–Kier alpha value is -2.01. The molecule has 2 aromatic rings. The molecule has 5 heteroatoms. The van der Waals surface area contributed by atoms with Crippen molar-refractivity contribution in [1.82, 2.24) is 0 Å². The van der Waals surface area contributed by atoms with Gasteiger partial charge < -0.3 is 5.32 Å². The number of hydrogen-bond acceptors (Lipinski definition) is 3. The Kier molecular flexibility index (Phi) is 5.08. The van der Waals surface area contributed by atoms with Gasteiger partial charge in [0.1, 0.15) is 0 Å². The third-order valence-electron chi connectivity index (χ3n) is 3.29. The normalized spacial score (nSPS) is 11.2. The molecule has 118 valence electrons. The maximum Gasteiger partial charge on any atom is 0.232 e. The van der Waals surface area contributed by atoms with Crippen molar-refractivity contribution >= 4 is 27.1 Å². The average molecular weight is 318 g/mol. The predicted octanol–water partition coefficient (Wildman–Crippen LogP) is 4.20. The lowest BCUT2D eigenvalue weighted by Crippen LogP contribution is -2.15. The highest BCUT2D eigenvalue weighted by Gasteiger charge is 2.08. The molecular weight excluding hydrogens is 296 g/mol. The Labute approximate surface area is 132 Å². The van der Waals surface area contributed by atoms with Crippen molar-refractivity contribution < 1.29 is 8.42 Å². The van der Waals surface area contributed by atoms with E-state index in [4.69, 9.17) is 0 Å². The van der Waals surface area contributed by atoms with Crippen LogP contribution in [0, 0.1) is 13.8 Å². The summed E-state index contributed by atoms with van der Waals surface area (Å²) in [6, 6.07) is 13.5. The third-order valence-corrected chi connectivity index (χ3v) is 4.78. The van der Waals surface area contributed by atoms with E-state index in [1.54, 1.807) is 12.1 Å². The summed E-state index contributed by atoms with van der Waals surface area (Å²) in [7, 11) is -3.24. The number of hydrogen-bond donors (Lipinski definition) is 2. The lowest BCUT2D eigenvalue weighted by molar-refractivity contribution is 0.600. The molecule has 0 amide bonds. The molecule has 0 atom stereocenters. The van der Waals surface area contributed by atoms with Crippen LogP contribution < -0.4 is 10.0 Å². The second-order valence-electron chi connectivity index (χ2n) is 5.44. The van der Waals surface area contributed by atoms with E-state index in [0.717, 1.165) is 11.4 Å². The zero-order valence-electron chi connectivity index (χ0n) is 13.2. The Morgan fingerprint density at radius 2 is 1.59 bits per heavy atom. The van der Waals surface area contributed by atoms with E-state index in [1.807, 2.05) is 25.1 Å². The number of nitrogens with one attached hydrogen (secondary N) is 2. The van der Waals surface area contributed by atoms with Crippen molar-refractivity contribution in [2.24, 2.45) is 0 Å². The van der Waals surface area contributed by atoms with E-state index in [1.165, 1.54) is 11.1 Å². The molecule has 2 rings (SSSR count). The molecule has 4 nitrogen and oxygen atoms in total. The van der Waals surface area contributed by atoms with Gasteiger partial charge >= 0.3 is 0 Å². The maximum atomic E-state index is 11.7. The molecule has 0 spiro atoms. The van der Waals surface area contributed by atoms with Gasteiger partial charge in [-0.1, -0.05) is 24.6 Å². The summed E-state index contributed by atoms with van der Waals surface area (Å²) in [6.07, 6.45) is 0.599. The van der Waals surface area contributed by atoms with Gasteiger partial charge in [0.25, 0.3) is 0 Å². The first-order valence-corrected chi connectivity index (χ1v) is 8.99. The quantitative estimate of drug-likeness (QED) is 0.839. The van der Waals surface area contributed by atoms with Gasteiger partial charge in [-0.25, -0.2) is 8.42 Å². The minimum Gasteiger partial charge on any atom is -0.355 e. The lowest BCUT2D eigenvalue weighted by atomic mass is 10.1. The standard InChI is InChI=1S/C17H22N2O2S/c1-4-11-22(20,21)19-16-8-6-15(7-9-16)18-17-10-5-13(2)12-14(17)3/h5-10,12,18-19H,4,11H2,1-3H3. The van der Waals surface area contributed by atoms with Crippen molar-refractivity contribution in [2.45, 2.75) is 27.2 Å². The van der Waals surface area contributed by atoms with Crippen molar-refractivity contribution in [2.75, 3.05) is 15.8 Å². The second-order valence-corrected chi connectivity index (χ2v) is 7.28. The first-order chi connectivity index (χ1) is 10.4. The number of rotatable bonds is 6. The van der Waals surface area contributed by atoms with Crippen molar-refractivity contribution in [1.29, 1.82) is 0 Å². The summed E-state index contributed by atoms with van der Waals surface area (Å²) >= 11 is 0. The van der Waals surface area contributed by atoms with Crippen molar-refractivity contribution in [3.8, 4) is 0 Å². The van der Waals surface area contributed by atoms with Crippen LogP contribution in [0.25, 0.3) is 0 Å². The Balaban J connectivity index is 2.09. The molecule has 0 fully saturated rings. The summed E-state index contributed by atoms with van der Waals surface area (Å²) in [4.78, 5) is 0. The predicted molar refractivity (Wildman–Crippen MR) is 93.3 cm³/mol. The van der Waals surface area contributed by atoms with Gasteiger partial charge in [0.2, 0.25) is 10.0 Å². The van der Waals surface area contributed by atoms with Gasteiger partial charge in [0, 0.05) is 17.1 Å². The van der Waals surface area contributed by atoms with Crippen LogP contribution in [0.1, 0.15) is 24.5 Å². The average Bonchev–Trinajstić information content (AvgIpc) is 2.43. The third kappa shape index (κ3) is 4.49. The highest BCUT2D eigenvalue weighted by atomic mass is 32.2. The fourth-order valence-electron chi connectivity index (χ4n) is 2.23. The monoisotopic (exact) mass is 318 g/mol. The second kappa shape index (κ2) is 6.83. The van der Waals surface area contributed by atoms with Crippen LogP contribution in [-0.2, 0) is 10.0 Å². The first kappa shape index (κ1) is 16.4. The lowest BCUT2D eigenvalue weighted by Gasteiger charge is -2.12. The van der Waals surface area contributed by atoms with Gasteiger partial charge in [-0.2, -0.15) is 0 Å². The first-order valence-electron chi connectivity index (χ1n) is 7.34. The summed E-state index contributed by atoms with van der Waals surface area (Å²) in [5, 5.41) is 3.34. The van der Waals surface area contributed by atoms with E-state index >= 15 is 0 Å². The van der Waals surface area contributed by atoms with Crippen molar-refractivity contribution in [3.63, 3.8) is 0 Å². The zero-order valence-corrected chi connectivity index (χ0v) is 14.0. The molecule has 0 saturated carbocycles. The number of benzene rings is 2. The Bertz CT molecular complexity index is 738. The molecule has 2 N–H and O–H groups in total. The van der Waals surface area contributed by atoms with Gasteiger partial charge in [-0.15, -0.1) is 0 Å². The van der Waals surface area contributed by atoms with E-state index in [-0.39, 0.29) is 5.75 Å². The van der Waals surface area contributed by atoms with E-state index in [9.17, 15) is 8.42 Å². The van der Waals surface area contributed by atoms with Crippen LogP contribution in [-0.4, -0.2) is 14.2 Å². The number of aryl methyl sites for hydroxylation is 2. The van der Waals surface area contributed by atoms with Crippen LogP contribution >= 0.6 is 0 Å². The molecular formula is C17H22N2O2S. The molecule has 0 bridgehead atoms. The highest BCUT2D eigenvalue weighted by Crippen LogP contribution is 2.23. The van der Waals surface area contributed by atoms with E-state index < -0.39 is 10.0 Å². The smallest absolute Gasteiger partial charge is 0.232 e. The molecule has 0 aliphatic heterocycles. The SMILES string of the molecule is CCCS(=O)(=O)Nc1ccc(Nc2ccc(C)cc2C)cc1. The van der Waals surface area contributed by atoms with Gasteiger partial charge in [-0.3, -0.25) is 4.72 Å². The van der Waals surface area contributed by atoms with Gasteiger partial charge in [-0.05, 0) is 56.2 Å². The molecule has 0 saturated heterocycles. The number of anilines is 3. The van der Waals surface area contributed by atoms with Crippen LogP contribution in [0.3, 0.4) is 0 Å². The Morgan fingerprint density at radius 1 is 0.955 bits per heavy atom. The molecule has 0 radical (unpaired) electrons. The van der Waals surface area contributed by atoms with Crippen LogP contribution in [0.4, 0.5) is 17.1 Å². The summed E-state index contributed by atoms with van der Waals surface area (Å²) in [6.45, 7) is 5.97. The van der Waals surface area contributed by atoms with E-state index in [0.29, 0.717) is 12.1 Å². The molecule has 0 heterocycles. The largest absolute Gasteiger partial charge is 0.355 e. The Morgan fingerprint density at radius 3 is 2.18 bits per heavy atom. The van der Waals surface area contributed by atoms with Gasteiger partial charge in [0.15, 0.2) is 0 Å². The minimum absolute atomic E-state index is 0.134. The van der Waals surface area contributed by atoms with Crippen LogP contribution in [0.2, 0.25) is 0 Å². The molecule has 0 aliphatic rings. The highest BCUT2D eigenvalue weighted by molar-refractivity contribution is 7.92. The topological polar surface area (TPSA) is 58.2 Å². The maximum absolute atomic E-state index is 11.7. The van der Waals surface area contributed by atoms with E-state index in [2.05, 4.69) is 36.0 Å². The summed E-state index contributed by atoms with van der Waals surface area (Å²) < 4.78 is 26.0. The molecule has 0 aromatic heterocycles. The zero-order chi connectivity index (χ0) is 16.2. The number of sulfonamides is 1. The summed E-state index contributed by atoms with van der Waals surface area (Å²) in [5.41, 5.74) is 4.95. The molecule has 22 heavy (non-hydrogen) atoms. The fraction of sp³-hybridized carbons (Fsp3) is 0.294. The van der Waals surface area contributed by atoms with Crippen LogP contribution in [0.5, 0.6) is 0 Å².